The molecule has 0 radical (unpaired) electrons. The van der Waals surface area contributed by atoms with E-state index in [0.717, 1.165) is 10.0 Å². The maximum atomic E-state index is 12.4. The monoisotopic (exact) mass is 358 g/mol. The number of H-pyrrole nitrogens is 1. The molecule has 1 N–H and O–H groups in total. The van der Waals surface area contributed by atoms with Crippen LogP contribution in [-0.4, -0.2) is 15.8 Å². The van der Waals surface area contributed by atoms with E-state index in [1.165, 1.54) is 12.4 Å². The fourth-order valence-electron chi connectivity index (χ4n) is 2.18. The lowest BCUT2D eigenvalue weighted by Gasteiger charge is -1.95. The predicted octanol–water partition coefficient (Wildman–Crippen LogP) is 3.48. The highest BCUT2D eigenvalue weighted by Gasteiger charge is 2.19. The van der Waals surface area contributed by atoms with Gasteiger partial charge in [0.15, 0.2) is 5.78 Å². The summed E-state index contributed by atoms with van der Waals surface area (Å²) in [5.41, 5.74) is 0.913. The summed E-state index contributed by atoms with van der Waals surface area (Å²) < 4.78 is 6.34. The van der Waals surface area contributed by atoms with Crippen LogP contribution in [0.25, 0.3) is 17.2 Å². The second-order valence-corrected chi connectivity index (χ2v) is 5.61. The number of rotatable bonds is 3. The zero-order valence-electron chi connectivity index (χ0n) is 11.6. The summed E-state index contributed by atoms with van der Waals surface area (Å²) in [4.78, 5) is 30.7. The van der Waals surface area contributed by atoms with E-state index in [9.17, 15) is 9.59 Å². The molecule has 2 heterocycles. The minimum absolute atomic E-state index is 0.168. The third-order valence-corrected chi connectivity index (χ3v) is 3.74. The number of carbonyl (C=O) groups excluding carboxylic acids is 1. The summed E-state index contributed by atoms with van der Waals surface area (Å²) in [5.74, 6) is 0.0855. The number of ketones is 1. The minimum Gasteiger partial charge on any atom is -0.442 e. The third kappa shape index (κ3) is 2.65. The van der Waals surface area contributed by atoms with Crippen molar-refractivity contribution in [3.63, 3.8) is 0 Å². The minimum atomic E-state index is -0.387. The number of aromatic nitrogens is 2. The van der Waals surface area contributed by atoms with Gasteiger partial charge in [0, 0.05) is 4.47 Å². The molecule has 6 heteroatoms. The molecule has 3 aromatic rings. The van der Waals surface area contributed by atoms with E-state index in [1.807, 2.05) is 24.3 Å². The number of halogens is 1. The Kier molecular flexibility index (Phi) is 3.77. The van der Waals surface area contributed by atoms with Gasteiger partial charge >= 0.3 is 0 Å². The topological polar surface area (TPSA) is 76.0 Å². The first kappa shape index (κ1) is 14.5. The highest BCUT2D eigenvalue weighted by atomic mass is 79.9. The number of furan rings is 1. The van der Waals surface area contributed by atoms with Crippen LogP contribution in [0.15, 0.2) is 50.4 Å². The van der Waals surface area contributed by atoms with E-state index in [1.54, 1.807) is 13.0 Å². The quantitative estimate of drug-likeness (QED) is 0.574. The van der Waals surface area contributed by atoms with Crippen LogP contribution in [0.5, 0.6) is 0 Å². The Morgan fingerprint density at radius 1 is 1.32 bits per heavy atom. The summed E-state index contributed by atoms with van der Waals surface area (Å²) in [6.45, 7) is 1.64. The lowest BCUT2D eigenvalue weighted by atomic mass is 10.1. The molecule has 0 aliphatic heterocycles. The molecule has 0 atom stereocenters. The molecule has 3 rings (SSSR count). The molecule has 2 aromatic heterocycles. The number of carbonyl (C=O) groups is 1. The molecule has 0 saturated carbocycles. The van der Waals surface area contributed by atoms with Crippen LogP contribution in [0.3, 0.4) is 0 Å². The SMILES string of the molecule is Cc1oc2nc[nH]c(=O)c2c1C(=O)/C=C/c1ccc(Br)cc1. The van der Waals surface area contributed by atoms with Gasteiger partial charge < -0.3 is 9.40 Å². The van der Waals surface area contributed by atoms with Gasteiger partial charge in [-0.3, -0.25) is 9.59 Å². The molecule has 0 spiro atoms. The molecule has 22 heavy (non-hydrogen) atoms. The molecule has 0 bridgehead atoms. The van der Waals surface area contributed by atoms with Gasteiger partial charge in [0.1, 0.15) is 11.1 Å². The van der Waals surface area contributed by atoms with E-state index >= 15 is 0 Å². The maximum Gasteiger partial charge on any atom is 0.262 e. The number of hydrogen-bond donors (Lipinski definition) is 1. The van der Waals surface area contributed by atoms with Crippen molar-refractivity contribution in [2.45, 2.75) is 6.92 Å². The molecule has 5 nitrogen and oxygen atoms in total. The van der Waals surface area contributed by atoms with Gasteiger partial charge in [-0.25, -0.2) is 4.98 Å². The molecule has 0 unspecified atom stereocenters. The number of allylic oxidation sites excluding steroid dienone is 1. The molecule has 110 valence electrons. The first-order chi connectivity index (χ1) is 10.6. The zero-order valence-corrected chi connectivity index (χ0v) is 13.2. The zero-order chi connectivity index (χ0) is 15.7. The van der Waals surface area contributed by atoms with Crippen LogP contribution in [-0.2, 0) is 0 Å². The fourth-order valence-corrected chi connectivity index (χ4v) is 2.44. The van der Waals surface area contributed by atoms with Crippen LogP contribution in [0.4, 0.5) is 0 Å². The summed E-state index contributed by atoms with van der Waals surface area (Å²) >= 11 is 3.35. The van der Waals surface area contributed by atoms with E-state index in [0.29, 0.717) is 5.76 Å². The van der Waals surface area contributed by atoms with Gasteiger partial charge in [-0.05, 0) is 30.7 Å². The summed E-state index contributed by atoms with van der Waals surface area (Å²) in [5, 5.41) is 0.186. The highest BCUT2D eigenvalue weighted by Crippen LogP contribution is 2.21. The van der Waals surface area contributed by atoms with Crippen LogP contribution in [0.2, 0.25) is 0 Å². The number of aryl methyl sites for hydroxylation is 1. The molecule has 0 aliphatic carbocycles. The average molecular weight is 359 g/mol. The molecule has 0 amide bonds. The van der Waals surface area contributed by atoms with Gasteiger partial charge in [-0.15, -0.1) is 0 Å². The van der Waals surface area contributed by atoms with Gasteiger partial charge in [0.05, 0.1) is 11.9 Å². The number of nitrogens with zero attached hydrogens (tertiary/aromatic N) is 1. The van der Waals surface area contributed by atoms with Gasteiger partial charge in [0.2, 0.25) is 5.71 Å². The van der Waals surface area contributed by atoms with Crippen LogP contribution in [0, 0.1) is 6.92 Å². The Morgan fingerprint density at radius 2 is 2.05 bits per heavy atom. The van der Waals surface area contributed by atoms with Crippen molar-refractivity contribution in [1.29, 1.82) is 0 Å². The van der Waals surface area contributed by atoms with Gasteiger partial charge in [-0.2, -0.15) is 0 Å². The van der Waals surface area contributed by atoms with Crippen molar-refractivity contribution in [2.75, 3.05) is 0 Å². The Balaban J connectivity index is 2.01. The molecule has 0 aliphatic rings. The molecule has 1 aromatic carbocycles. The number of aromatic amines is 1. The van der Waals surface area contributed by atoms with Crippen molar-refractivity contribution in [3.8, 4) is 0 Å². The lowest BCUT2D eigenvalue weighted by molar-refractivity contribution is 0.104. The van der Waals surface area contributed by atoms with E-state index in [-0.39, 0.29) is 28.0 Å². The number of hydrogen-bond acceptors (Lipinski definition) is 4. The smallest absolute Gasteiger partial charge is 0.262 e. The largest absolute Gasteiger partial charge is 0.442 e. The molecule has 0 saturated heterocycles. The standard InChI is InChI=1S/C16H11BrN2O3/c1-9-13(14-15(21)18-8-19-16(14)22-9)12(20)7-4-10-2-5-11(17)6-3-10/h2-8H,1H3,(H,18,19,21)/b7-4+. The normalized spacial score (nSPS) is 11.4. The van der Waals surface area contributed by atoms with Crippen molar-refractivity contribution in [2.24, 2.45) is 0 Å². The Bertz CT molecular complexity index is 936. The number of benzene rings is 1. The third-order valence-electron chi connectivity index (χ3n) is 3.21. The van der Waals surface area contributed by atoms with Gasteiger partial charge in [0.25, 0.3) is 5.56 Å². The maximum absolute atomic E-state index is 12.4. The fraction of sp³-hybridized carbons (Fsp3) is 0.0625. The molecular formula is C16H11BrN2O3. The number of nitrogens with one attached hydrogen (secondary N) is 1. The van der Waals surface area contributed by atoms with E-state index in [4.69, 9.17) is 4.42 Å². The Hall–Kier alpha value is -2.47. The second kappa shape index (κ2) is 5.73. The Morgan fingerprint density at radius 3 is 2.77 bits per heavy atom. The first-order valence-corrected chi connectivity index (χ1v) is 7.30. The van der Waals surface area contributed by atoms with Crippen LogP contribution >= 0.6 is 15.9 Å². The molecule has 0 fully saturated rings. The van der Waals surface area contributed by atoms with Crippen molar-refractivity contribution in [3.05, 3.63) is 68.4 Å². The predicted molar refractivity (Wildman–Crippen MR) is 86.9 cm³/mol. The van der Waals surface area contributed by atoms with Crippen molar-refractivity contribution in [1.82, 2.24) is 9.97 Å². The highest BCUT2D eigenvalue weighted by molar-refractivity contribution is 9.10. The Labute approximate surface area is 133 Å². The van der Waals surface area contributed by atoms with E-state index in [2.05, 4.69) is 25.9 Å². The van der Waals surface area contributed by atoms with Crippen molar-refractivity contribution >= 4 is 38.9 Å². The van der Waals surface area contributed by atoms with Crippen molar-refractivity contribution < 1.29 is 9.21 Å². The lowest BCUT2D eigenvalue weighted by Crippen LogP contribution is -2.09. The second-order valence-electron chi connectivity index (χ2n) is 4.69. The van der Waals surface area contributed by atoms with Crippen LogP contribution in [0.1, 0.15) is 21.7 Å². The average Bonchev–Trinajstić information content (AvgIpc) is 2.84. The van der Waals surface area contributed by atoms with Crippen LogP contribution < -0.4 is 5.56 Å². The number of fused-ring (bicyclic) bond motifs is 1. The van der Waals surface area contributed by atoms with Gasteiger partial charge in [-0.1, -0.05) is 34.1 Å². The summed E-state index contributed by atoms with van der Waals surface area (Å²) in [6.07, 6.45) is 4.37. The summed E-state index contributed by atoms with van der Waals surface area (Å²) in [7, 11) is 0. The summed E-state index contributed by atoms with van der Waals surface area (Å²) in [6, 6.07) is 7.53. The first-order valence-electron chi connectivity index (χ1n) is 6.51. The molecular weight excluding hydrogens is 348 g/mol. The van der Waals surface area contributed by atoms with E-state index < -0.39 is 0 Å².